The highest BCUT2D eigenvalue weighted by Crippen LogP contribution is 2.38. The Balaban J connectivity index is 1.47. The molecule has 0 spiro atoms. The highest BCUT2D eigenvalue weighted by Gasteiger charge is 2.36. The van der Waals surface area contributed by atoms with Crippen LogP contribution in [0.2, 0.25) is 0 Å². The molecule has 1 saturated heterocycles. The van der Waals surface area contributed by atoms with Crippen LogP contribution >= 0.6 is 34.4 Å². The van der Waals surface area contributed by atoms with E-state index in [1.807, 2.05) is 6.92 Å². The standard InChI is InChI=1S/C28H22FIN2O7S/c1-2-38-22-12-17(11-21(30)25(22)39-15-16-3-5-18(6-4-16)27(35)36)13-23-26(34)32(28(37)40-23)14-24(33)31-20-9-7-19(29)8-10-20/h3-13H,2,14-15H2,1H3,(H,31,33)(H,35,36)/b23-13-. The molecule has 0 atom stereocenters. The number of carbonyl (C=O) groups is 4. The number of imide groups is 1. The van der Waals surface area contributed by atoms with Crippen molar-refractivity contribution in [2.24, 2.45) is 0 Å². The molecule has 1 heterocycles. The van der Waals surface area contributed by atoms with Crippen LogP contribution < -0.4 is 14.8 Å². The number of carbonyl (C=O) groups excluding carboxylic acids is 3. The topological polar surface area (TPSA) is 122 Å². The van der Waals surface area contributed by atoms with Crippen LogP contribution in [0.15, 0.2) is 65.6 Å². The second-order valence-electron chi connectivity index (χ2n) is 8.38. The van der Waals surface area contributed by atoms with Crippen LogP contribution in [-0.4, -0.2) is 46.2 Å². The first-order valence-electron chi connectivity index (χ1n) is 11.9. The van der Waals surface area contributed by atoms with Crippen molar-refractivity contribution in [3.05, 3.63) is 91.6 Å². The summed E-state index contributed by atoms with van der Waals surface area (Å²) in [7, 11) is 0. The summed E-state index contributed by atoms with van der Waals surface area (Å²) in [6.07, 6.45) is 1.54. The van der Waals surface area contributed by atoms with Crippen LogP contribution in [0.3, 0.4) is 0 Å². The Bertz CT molecular complexity index is 1490. The average Bonchev–Trinajstić information content (AvgIpc) is 3.17. The quantitative estimate of drug-likeness (QED) is 0.205. The van der Waals surface area contributed by atoms with Crippen LogP contribution in [0.5, 0.6) is 11.5 Å². The number of thioether (sulfide) groups is 1. The molecule has 0 saturated carbocycles. The van der Waals surface area contributed by atoms with Gasteiger partial charge in [-0.25, -0.2) is 9.18 Å². The number of benzene rings is 3. The predicted molar refractivity (Wildman–Crippen MR) is 156 cm³/mol. The first-order valence-corrected chi connectivity index (χ1v) is 13.8. The zero-order valence-electron chi connectivity index (χ0n) is 21.0. The number of carboxylic acid groups (broad SMARTS) is 1. The fourth-order valence-corrected chi connectivity index (χ4v) is 5.26. The zero-order valence-corrected chi connectivity index (χ0v) is 24.0. The summed E-state index contributed by atoms with van der Waals surface area (Å²) in [5, 5.41) is 11.0. The van der Waals surface area contributed by atoms with Gasteiger partial charge in [-0.05, 0) is 107 Å². The Morgan fingerprint density at radius 1 is 1.07 bits per heavy atom. The van der Waals surface area contributed by atoms with E-state index in [0.717, 1.165) is 22.2 Å². The summed E-state index contributed by atoms with van der Waals surface area (Å²) in [5.41, 5.74) is 1.87. The second kappa shape index (κ2) is 13.0. The zero-order chi connectivity index (χ0) is 28.8. The predicted octanol–water partition coefficient (Wildman–Crippen LogP) is 5.78. The van der Waals surface area contributed by atoms with Gasteiger partial charge in [-0.3, -0.25) is 19.3 Å². The lowest BCUT2D eigenvalue weighted by Crippen LogP contribution is -2.36. The molecule has 4 rings (SSSR count). The first kappa shape index (κ1) is 29.1. The van der Waals surface area contributed by atoms with Gasteiger partial charge in [0.05, 0.1) is 20.6 Å². The minimum Gasteiger partial charge on any atom is -0.490 e. The van der Waals surface area contributed by atoms with Crippen LogP contribution in [-0.2, 0) is 16.2 Å². The van der Waals surface area contributed by atoms with Crippen LogP contribution in [0.4, 0.5) is 14.9 Å². The SMILES string of the molecule is CCOc1cc(/C=C2\SC(=O)N(CC(=O)Nc3ccc(F)cc3)C2=O)cc(I)c1OCc1ccc(C(=O)O)cc1. The van der Waals surface area contributed by atoms with Gasteiger partial charge in [0.1, 0.15) is 19.0 Å². The number of hydrogen-bond donors (Lipinski definition) is 2. The van der Waals surface area contributed by atoms with E-state index in [-0.39, 0.29) is 17.1 Å². The molecule has 1 aliphatic heterocycles. The van der Waals surface area contributed by atoms with Crippen molar-refractivity contribution in [1.82, 2.24) is 4.90 Å². The minimum absolute atomic E-state index is 0.144. The van der Waals surface area contributed by atoms with Crippen molar-refractivity contribution in [3.63, 3.8) is 0 Å². The number of ether oxygens (including phenoxy) is 2. The molecule has 1 aliphatic rings. The van der Waals surface area contributed by atoms with Crippen molar-refractivity contribution in [2.75, 3.05) is 18.5 Å². The van der Waals surface area contributed by atoms with Gasteiger partial charge in [0.15, 0.2) is 11.5 Å². The molecule has 2 N–H and O–H groups in total. The van der Waals surface area contributed by atoms with E-state index in [0.29, 0.717) is 32.9 Å². The summed E-state index contributed by atoms with van der Waals surface area (Å²) in [6, 6.07) is 14.9. The maximum absolute atomic E-state index is 13.1. The Hall–Kier alpha value is -3.91. The molecule has 0 bridgehead atoms. The molecule has 206 valence electrons. The molecule has 40 heavy (non-hydrogen) atoms. The molecule has 3 aromatic carbocycles. The summed E-state index contributed by atoms with van der Waals surface area (Å²) in [6.45, 7) is 1.86. The lowest BCUT2D eigenvalue weighted by molar-refractivity contribution is -0.127. The van der Waals surface area contributed by atoms with Gasteiger partial charge in [0, 0.05) is 5.69 Å². The molecule has 3 amide bonds. The smallest absolute Gasteiger partial charge is 0.335 e. The molecule has 0 aromatic heterocycles. The fourth-order valence-electron chi connectivity index (χ4n) is 3.64. The molecular formula is C28H22FIN2O7S. The van der Waals surface area contributed by atoms with Gasteiger partial charge in [-0.2, -0.15) is 0 Å². The molecule has 12 heteroatoms. The average molecular weight is 676 g/mol. The van der Waals surface area contributed by atoms with Crippen molar-refractivity contribution in [1.29, 1.82) is 0 Å². The van der Waals surface area contributed by atoms with E-state index in [9.17, 15) is 23.6 Å². The van der Waals surface area contributed by atoms with Crippen LogP contribution in [0.1, 0.15) is 28.4 Å². The number of anilines is 1. The molecule has 9 nitrogen and oxygen atoms in total. The molecule has 0 radical (unpaired) electrons. The second-order valence-corrected chi connectivity index (χ2v) is 10.5. The number of nitrogens with one attached hydrogen (secondary N) is 1. The normalized spacial score (nSPS) is 14.0. The lowest BCUT2D eigenvalue weighted by Gasteiger charge is -2.15. The summed E-state index contributed by atoms with van der Waals surface area (Å²) in [4.78, 5) is 49.9. The van der Waals surface area contributed by atoms with Crippen LogP contribution in [0.25, 0.3) is 6.08 Å². The number of rotatable bonds is 10. The third kappa shape index (κ3) is 7.18. The van der Waals surface area contributed by atoms with E-state index in [2.05, 4.69) is 27.9 Å². The molecule has 3 aromatic rings. The van der Waals surface area contributed by atoms with E-state index in [1.165, 1.54) is 36.4 Å². The van der Waals surface area contributed by atoms with Gasteiger partial charge >= 0.3 is 5.97 Å². The fraction of sp³-hybridized carbons (Fsp3) is 0.143. The first-order chi connectivity index (χ1) is 19.1. The van der Waals surface area contributed by atoms with Gasteiger partial charge in [0.2, 0.25) is 5.91 Å². The summed E-state index contributed by atoms with van der Waals surface area (Å²) < 4.78 is 25.5. The number of amides is 3. The van der Waals surface area contributed by atoms with Crippen LogP contribution in [0, 0.1) is 9.39 Å². The maximum Gasteiger partial charge on any atom is 0.335 e. The maximum atomic E-state index is 13.1. The number of halogens is 2. The molecule has 1 fully saturated rings. The number of hydrogen-bond acceptors (Lipinski definition) is 7. The summed E-state index contributed by atoms with van der Waals surface area (Å²) >= 11 is 2.80. The summed E-state index contributed by atoms with van der Waals surface area (Å²) in [5.74, 6) is -1.76. The number of carboxylic acids is 1. The Morgan fingerprint density at radius 3 is 2.42 bits per heavy atom. The molecule has 0 aliphatic carbocycles. The third-order valence-electron chi connectivity index (χ3n) is 5.52. The van der Waals surface area contributed by atoms with E-state index in [1.54, 1.807) is 30.3 Å². The van der Waals surface area contributed by atoms with Gasteiger partial charge in [0.25, 0.3) is 11.1 Å². The highest BCUT2D eigenvalue weighted by atomic mass is 127. The van der Waals surface area contributed by atoms with Gasteiger partial charge < -0.3 is 19.9 Å². The Labute approximate surface area is 246 Å². The Morgan fingerprint density at radius 2 is 1.77 bits per heavy atom. The Kier molecular flexibility index (Phi) is 9.42. The number of nitrogens with zero attached hydrogens (tertiary/aromatic N) is 1. The minimum atomic E-state index is -1.01. The van der Waals surface area contributed by atoms with E-state index >= 15 is 0 Å². The lowest BCUT2D eigenvalue weighted by atomic mass is 10.1. The van der Waals surface area contributed by atoms with Gasteiger partial charge in [-0.1, -0.05) is 12.1 Å². The third-order valence-corrected chi connectivity index (χ3v) is 7.23. The van der Waals surface area contributed by atoms with Crippen molar-refractivity contribution < 1.29 is 38.1 Å². The van der Waals surface area contributed by atoms with Crippen molar-refractivity contribution in [3.8, 4) is 11.5 Å². The van der Waals surface area contributed by atoms with Crippen molar-refractivity contribution in [2.45, 2.75) is 13.5 Å². The largest absolute Gasteiger partial charge is 0.490 e. The van der Waals surface area contributed by atoms with E-state index in [4.69, 9.17) is 14.6 Å². The molecular weight excluding hydrogens is 654 g/mol. The molecule has 0 unspecified atom stereocenters. The van der Waals surface area contributed by atoms with Crippen molar-refractivity contribution >= 4 is 69.1 Å². The van der Waals surface area contributed by atoms with E-state index < -0.39 is 35.4 Å². The van der Waals surface area contributed by atoms with Gasteiger partial charge in [-0.15, -0.1) is 0 Å². The number of aromatic carboxylic acids is 1. The highest BCUT2D eigenvalue weighted by molar-refractivity contribution is 14.1. The monoisotopic (exact) mass is 676 g/mol.